The van der Waals surface area contributed by atoms with Gasteiger partial charge in [-0.2, -0.15) is 0 Å². The van der Waals surface area contributed by atoms with E-state index in [1.807, 2.05) is 0 Å². The summed E-state index contributed by atoms with van der Waals surface area (Å²) in [6, 6.07) is 0. The highest BCUT2D eigenvalue weighted by atomic mass is 32.1. The quantitative estimate of drug-likeness (QED) is 0.346. The number of esters is 1. The average molecular weight is 300 g/mol. The molecule has 0 aromatic carbocycles. The van der Waals surface area contributed by atoms with Gasteiger partial charge in [0.2, 0.25) is 0 Å². The lowest BCUT2D eigenvalue weighted by Gasteiger charge is -2.05. The molecule has 1 N–H and O–H groups in total. The summed E-state index contributed by atoms with van der Waals surface area (Å²) in [5, 5.41) is 0. The van der Waals surface area contributed by atoms with Crippen molar-refractivity contribution >= 4 is 18.2 Å². The van der Waals surface area contributed by atoms with Crippen molar-refractivity contribution in [2.45, 2.75) is 32.2 Å². The van der Waals surface area contributed by atoms with Crippen LogP contribution in [0.3, 0.4) is 0 Å². The van der Waals surface area contributed by atoms with Gasteiger partial charge in [-0.05, 0) is 19.3 Å². The number of aryl methyl sites for hydroxylation is 1. The van der Waals surface area contributed by atoms with Crippen LogP contribution in [0.2, 0.25) is 0 Å². The van der Waals surface area contributed by atoms with Gasteiger partial charge in [-0.25, -0.2) is 14.0 Å². The third kappa shape index (κ3) is 5.48. The van der Waals surface area contributed by atoms with Gasteiger partial charge in [0.1, 0.15) is 4.64 Å². The Morgan fingerprint density at radius 1 is 1.45 bits per heavy atom. The second kappa shape index (κ2) is 8.42. The maximum Gasteiger partial charge on any atom is 0.330 e. The summed E-state index contributed by atoms with van der Waals surface area (Å²) in [6.07, 6.45) is 5.45. The maximum absolute atomic E-state index is 13.2. The van der Waals surface area contributed by atoms with Gasteiger partial charge >= 0.3 is 11.7 Å². The second-order valence-corrected chi connectivity index (χ2v) is 4.62. The first-order valence-electron chi connectivity index (χ1n) is 6.33. The molecule has 7 heteroatoms. The van der Waals surface area contributed by atoms with E-state index in [0.717, 1.165) is 38.0 Å². The Labute approximate surface area is 121 Å². The number of nitrogens with one attached hydrogen (secondary N) is 1. The van der Waals surface area contributed by atoms with Gasteiger partial charge in [0.25, 0.3) is 0 Å². The van der Waals surface area contributed by atoms with Crippen LogP contribution in [0.25, 0.3) is 0 Å². The van der Waals surface area contributed by atoms with Crippen molar-refractivity contribution in [3.63, 3.8) is 0 Å². The highest BCUT2D eigenvalue weighted by molar-refractivity contribution is 7.71. The Kier molecular flexibility index (Phi) is 6.86. The molecule has 0 radical (unpaired) electrons. The molecule has 0 atom stereocenters. The van der Waals surface area contributed by atoms with E-state index in [4.69, 9.17) is 4.74 Å². The summed E-state index contributed by atoms with van der Waals surface area (Å²) >= 11 is 4.62. The minimum Gasteiger partial charge on any atom is -0.463 e. The summed E-state index contributed by atoms with van der Waals surface area (Å²) in [4.78, 5) is 24.5. The maximum atomic E-state index is 13.2. The lowest BCUT2D eigenvalue weighted by atomic mass is 10.2. The van der Waals surface area contributed by atoms with Crippen LogP contribution < -0.4 is 5.69 Å². The number of carbonyl (C=O) groups excluding carboxylic acids is 1. The zero-order valence-electron chi connectivity index (χ0n) is 11.1. The van der Waals surface area contributed by atoms with Crippen molar-refractivity contribution in [2.75, 3.05) is 6.61 Å². The molecule has 0 fully saturated rings. The molecule has 0 saturated carbocycles. The first kappa shape index (κ1) is 16.3. The molecule has 1 aromatic rings. The lowest BCUT2D eigenvalue weighted by molar-refractivity contribution is -0.137. The topological polar surface area (TPSA) is 64.1 Å². The molecule has 110 valence electrons. The molecule has 5 nitrogen and oxygen atoms in total. The molecule has 1 heterocycles. The number of halogens is 1. The summed E-state index contributed by atoms with van der Waals surface area (Å²) < 4.78 is 19.1. The lowest BCUT2D eigenvalue weighted by Crippen LogP contribution is -2.23. The molecule has 0 aliphatic rings. The van der Waals surface area contributed by atoms with Crippen LogP contribution >= 0.6 is 12.2 Å². The Bertz CT molecular complexity index is 580. The first-order chi connectivity index (χ1) is 9.54. The Balaban J connectivity index is 2.23. The van der Waals surface area contributed by atoms with Crippen LogP contribution in [0.5, 0.6) is 0 Å². The van der Waals surface area contributed by atoms with Gasteiger partial charge in [0, 0.05) is 18.8 Å². The molecule has 1 rings (SSSR count). The number of hydrogen-bond acceptors (Lipinski definition) is 4. The van der Waals surface area contributed by atoms with Gasteiger partial charge in [0.05, 0.1) is 6.61 Å². The van der Waals surface area contributed by atoms with Crippen LogP contribution in [0.4, 0.5) is 4.39 Å². The molecule has 20 heavy (non-hydrogen) atoms. The number of carbonyl (C=O) groups is 1. The standard InChI is InChI=1S/C13H17FN2O3S/c1-2-11(17)19-8-6-4-3-5-7-16-9-10(14)12(20)15-13(16)18/h2,9H,1,3-8H2,(H,15,18,20). The Morgan fingerprint density at radius 3 is 2.85 bits per heavy atom. The van der Waals surface area contributed by atoms with E-state index in [9.17, 15) is 14.0 Å². The molecule has 0 spiro atoms. The summed E-state index contributed by atoms with van der Waals surface area (Å²) in [6.45, 7) is 4.08. The van der Waals surface area contributed by atoms with Crippen LogP contribution in [-0.2, 0) is 16.1 Å². The van der Waals surface area contributed by atoms with Crippen molar-refractivity contribution in [3.8, 4) is 0 Å². The van der Waals surface area contributed by atoms with Crippen LogP contribution in [0.1, 0.15) is 25.7 Å². The van der Waals surface area contributed by atoms with E-state index in [0.29, 0.717) is 13.2 Å². The highest BCUT2D eigenvalue weighted by Gasteiger charge is 2.01. The normalized spacial score (nSPS) is 10.2. The first-order valence-corrected chi connectivity index (χ1v) is 6.74. The predicted molar refractivity (Wildman–Crippen MR) is 75.5 cm³/mol. The van der Waals surface area contributed by atoms with Crippen LogP contribution in [0.15, 0.2) is 23.6 Å². The van der Waals surface area contributed by atoms with Crippen LogP contribution in [-0.4, -0.2) is 22.1 Å². The van der Waals surface area contributed by atoms with Gasteiger partial charge < -0.3 is 4.74 Å². The fraction of sp³-hybridized carbons (Fsp3) is 0.462. The van der Waals surface area contributed by atoms with Crippen molar-refractivity contribution in [2.24, 2.45) is 0 Å². The third-order valence-corrected chi connectivity index (χ3v) is 2.97. The highest BCUT2D eigenvalue weighted by Crippen LogP contribution is 2.03. The Morgan fingerprint density at radius 2 is 2.15 bits per heavy atom. The van der Waals surface area contributed by atoms with Gasteiger partial charge in [-0.15, -0.1) is 0 Å². The number of rotatable bonds is 8. The number of nitrogens with zero attached hydrogens (tertiary/aromatic N) is 1. The fourth-order valence-electron chi connectivity index (χ4n) is 1.62. The van der Waals surface area contributed by atoms with Crippen LogP contribution in [0, 0.1) is 10.5 Å². The third-order valence-electron chi connectivity index (χ3n) is 2.67. The SMILES string of the molecule is C=CC(=O)OCCCCCCn1cc(F)c(=S)[nH]c1=O. The van der Waals surface area contributed by atoms with E-state index >= 15 is 0 Å². The molecule has 0 amide bonds. The van der Waals surface area contributed by atoms with Crippen molar-refractivity contribution in [3.05, 3.63) is 39.8 Å². The van der Waals surface area contributed by atoms with Crippen molar-refractivity contribution in [1.29, 1.82) is 0 Å². The smallest absolute Gasteiger partial charge is 0.330 e. The molecule has 0 saturated heterocycles. The molecule has 0 unspecified atom stereocenters. The molecular weight excluding hydrogens is 283 g/mol. The number of H-pyrrole nitrogens is 1. The van der Waals surface area contributed by atoms with Crippen molar-refractivity contribution in [1.82, 2.24) is 9.55 Å². The van der Waals surface area contributed by atoms with E-state index in [-0.39, 0.29) is 4.64 Å². The Hall–Kier alpha value is -1.76. The van der Waals surface area contributed by atoms with Crippen molar-refractivity contribution < 1.29 is 13.9 Å². The minimum absolute atomic E-state index is 0.171. The monoisotopic (exact) mass is 300 g/mol. The average Bonchev–Trinajstić information content (AvgIpc) is 2.42. The molecule has 0 bridgehead atoms. The van der Waals surface area contributed by atoms with E-state index < -0.39 is 17.5 Å². The number of hydrogen-bond donors (Lipinski definition) is 1. The van der Waals surface area contributed by atoms with Gasteiger partial charge in [0.15, 0.2) is 5.82 Å². The molecule has 0 aliphatic carbocycles. The van der Waals surface area contributed by atoms with Gasteiger partial charge in [-0.1, -0.05) is 25.2 Å². The zero-order valence-corrected chi connectivity index (χ0v) is 11.9. The van der Waals surface area contributed by atoms with E-state index in [2.05, 4.69) is 23.8 Å². The molecular formula is C13H17FN2O3S. The summed E-state index contributed by atoms with van der Waals surface area (Å²) in [7, 11) is 0. The molecule has 0 aliphatic heterocycles. The summed E-state index contributed by atoms with van der Waals surface area (Å²) in [5.74, 6) is -1.03. The second-order valence-electron chi connectivity index (χ2n) is 4.22. The number of ether oxygens (including phenoxy) is 1. The number of aromatic amines is 1. The largest absolute Gasteiger partial charge is 0.463 e. The van der Waals surface area contributed by atoms with Gasteiger partial charge in [-0.3, -0.25) is 9.55 Å². The summed E-state index contributed by atoms with van der Waals surface area (Å²) in [5.41, 5.74) is -0.406. The number of aromatic nitrogens is 2. The zero-order chi connectivity index (χ0) is 15.0. The minimum atomic E-state index is -0.601. The van der Waals surface area contributed by atoms with E-state index in [1.54, 1.807) is 0 Å². The predicted octanol–water partition coefficient (Wildman–Crippen LogP) is 2.33. The molecule has 1 aromatic heterocycles. The fourth-order valence-corrected chi connectivity index (χ4v) is 1.76. The number of unbranched alkanes of at least 4 members (excludes halogenated alkanes) is 3. The van der Waals surface area contributed by atoms with E-state index in [1.165, 1.54) is 4.57 Å².